The maximum atomic E-state index is 11.9. The Morgan fingerprint density at radius 2 is 2.19 bits per heavy atom. The number of benzene rings is 1. The normalized spacial score (nSPS) is 11.9. The molecule has 5 nitrogen and oxygen atoms in total. The first-order valence-corrected chi connectivity index (χ1v) is 7.49. The van der Waals surface area contributed by atoms with Gasteiger partial charge in [-0.2, -0.15) is 0 Å². The molecule has 1 heterocycles. The summed E-state index contributed by atoms with van der Waals surface area (Å²) in [6, 6.07) is 7.41. The summed E-state index contributed by atoms with van der Waals surface area (Å²) in [5.41, 5.74) is 1.53. The van der Waals surface area contributed by atoms with E-state index in [4.69, 9.17) is 0 Å². The second-order valence-electron chi connectivity index (χ2n) is 4.57. The molecule has 2 rings (SSSR count). The van der Waals surface area contributed by atoms with Crippen LogP contribution in [-0.4, -0.2) is 29.0 Å². The molecule has 0 aliphatic heterocycles. The van der Waals surface area contributed by atoms with Crippen molar-refractivity contribution in [2.24, 2.45) is 0 Å². The third kappa shape index (κ3) is 4.91. The molecule has 0 radical (unpaired) electrons. The van der Waals surface area contributed by atoms with Crippen LogP contribution < -0.4 is 10.6 Å². The summed E-state index contributed by atoms with van der Waals surface area (Å²) in [5, 5.41) is 6.17. The number of hydrogen-bond acceptors (Lipinski definition) is 4. The maximum absolute atomic E-state index is 11.9. The van der Waals surface area contributed by atoms with E-state index < -0.39 is 0 Å². The summed E-state index contributed by atoms with van der Waals surface area (Å²) in [6.07, 6.45) is 5.05. The highest BCUT2D eigenvalue weighted by atomic mass is 79.9. The second kappa shape index (κ2) is 7.85. The van der Waals surface area contributed by atoms with Gasteiger partial charge in [0, 0.05) is 47.8 Å². The highest BCUT2D eigenvalue weighted by molar-refractivity contribution is 9.10. The number of amides is 1. The van der Waals surface area contributed by atoms with Gasteiger partial charge in [0.25, 0.3) is 5.91 Å². The van der Waals surface area contributed by atoms with Crippen molar-refractivity contribution >= 4 is 21.8 Å². The molecule has 2 aromatic rings. The third-order valence-corrected chi connectivity index (χ3v) is 3.47. The second-order valence-corrected chi connectivity index (χ2v) is 5.49. The van der Waals surface area contributed by atoms with Gasteiger partial charge in [0.1, 0.15) is 0 Å². The van der Waals surface area contributed by atoms with Gasteiger partial charge in [-0.25, -0.2) is 0 Å². The van der Waals surface area contributed by atoms with E-state index in [0.717, 1.165) is 10.2 Å². The molecule has 0 saturated heterocycles. The fourth-order valence-corrected chi connectivity index (χ4v) is 2.23. The molecule has 0 aliphatic carbocycles. The van der Waals surface area contributed by atoms with Crippen molar-refractivity contribution in [1.82, 2.24) is 20.6 Å². The molecular formula is C15H17BrN4O. The van der Waals surface area contributed by atoms with Crippen LogP contribution in [0.5, 0.6) is 0 Å². The topological polar surface area (TPSA) is 66.9 Å². The smallest absolute Gasteiger partial charge is 0.251 e. The average molecular weight is 349 g/mol. The van der Waals surface area contributed by atoms with Crippen LogP contribution in [0, 0.1) is 0 Å². The SMILES string of the molecule is C[C@@H](NCCNC(=O)c1cccc(Br)c1)c1cnccn1. The van der Waals surface area contributed by atoms with E-state index in [2.05, 4.69) is 36.5 Å². The molecule has 0 spiro atoms. The van der Waals surface area contributed by atoms with Gasteiger partial charge in [0.05, 0.1) is 5.69 Å². The molecule has 1 amide bonds. The van der Waals surface area contributed by atoms with Crippen molar-refractivity contribution in [3.8, 4) is 0 Å². The predicted molar refractivity (Wildman–Crippen MR) is 84.9 cm³/mol. The van der Waals surface area contributed by atoms with Gasteiger partial charge in [-0.15, -0.1) is 0 Å². The average Bonchev–Trinajstić information content (AvgIpc) is 2.52. The zero-order valence-electron chi connectivity index (χ0n) is 11.7. The van der Waals surface area contributed by atoms with Crippen LogP contribution >= 0.6 is 15.9 Å². The lowest BCUT2D eigenvalue weighted by atomic mass is 10.2. The van der Waals surface area contributed by atoms with Gasteiger partial charge in [0.15, 0.2) is 0 Å². The lowest BCUT2D eigenvalue weighted by Gasteiger charge is -2.13. The first-order chi connectivity index (χ1) is 10.2. The van der Waals surface area contributed by atoms with Crippen LogP contribution in [0.4, 0.5) is 0 Å². The Morgan fingerprint density at radius 1 is 1.33 bits per heavy atom. The number of aromatic nitrogens is 2. The largest absolute Gasteiger partial charge is 0.351 e. The highest BCUT2D eigenvalue weighted by Crippen LogP contribution is 2.11. The first-order valence-electron chi connectivity index (χ1n) is 6.70. The first kappa shape index (κ1) is 15.6. The molecule has 0 saturated carbocycles. The van der Waals surface area contributed by atoms with Crippen molar-refractivity contribution in [1.29, 1.82) is 0 Å². The Morgan fingerprint density at radius 3 is 2.90 bits per heavy atom. The molecule has 0 aliphatic rings. The van der Waals surface area contributed by atoms with Gasteiger partial charge in [-0.3, -0.25) is 14.8 Å². The minimum atomic E-state index is -0.0785. The zero-order valence-corrected chi connectivity index (χ0v) is 13.3. The van der Waals surface area contributed by atoms with Gasteiger partial charge in [0.2, 0.25) is 0 Å². The Kier molecular flexibility index (Phi) is 5.83. The van der Waals surface area contributed by atoms with Gasteiger partial charge < -0.3 is 10.6 Å². The van der Waals surface area contributed by atoms with E-state index in [0.29, 0.717) is 18.7 Å². The molecule has 6 heteroatoms. The number of hydrogen-bond donors (Lipinski definition) is 2. The third-order valence-electron chi connectivity index (χ3n) is 2.97. The summed E-state index contributed by atoms with van der Waals surface area (Å²) < 4.78 is 0.893. The zero-order chi connectivity index (χ0) is 15.1. The Hall–Kier alpha value is -1.79. The van der Waals surface area contributed by atoms with Gasteiger partial charge in [-0.1, -0.05) is 22.0 Å². The predicted octanol–water partition coefficient (Wildman–Crippen LogP) is 2.32. The Labute approximate surface area is 132 Å². The van der Waals surface area contributed by atoms with E-state index >= 15 is 0 Å². The molecule has 1 aromatic carbocycles. The lowest BCUT2D eigenvalue weighted by Crippen LogP contribution is -2.33. The summed E-state index contributed by atoms with van der Waals surface area (Å²) >= 11 is 3.35. The number of nitrogens with one attached hydrogen (secondary N) is 2. The fourth-order valence-electron chi connectivity index (χ4n) is 1.84. The van der Waals surface area contributed by atoms with Crippen LogP contribution in [0.2, 0.25) is 0 Å². The minimum absolute atomic E-state index is 0.0785. The number of rotatable bonds is 6. The number of carbonyl (C=O) groups excluding carboxylic acids is 1. The van der Waals surface area contributed by atoms with Crippen molar-refractivity contribution in [3.63, 3.8) is 0 Å². The summed E-state index contributed by atoms with van der Waals surface area (Å²) in [4.78, 5) is 20.2. The van der Waals surface area contributed by atoms with Crippen molar-refractivity contribution in [2.45, 2.75) is 13.0 Å². The van der Waals surface area contributed by atoms with E-state index in [-0.39, 0.29) is 11.9 Å². The standard InChI is InChI=1S/C15H17BrN4O/c1-11(14-10-17-5-6-19-14)18-7-8-20-15(21)12-3-2-4-13(16)9-12/h2-6,9-11,18H,7-8H2,1H3,(H,20,21)/t11-/m1/s1. The van der Waals surface area contributed by atoms with E-state index in [9.17, 15) is 4.79 Å². The van der Waals surface area contributed by atoms with E-state index in [1.807, 2.05) is 19.1 Å². The fraction of sp³-hybridized carbons (Fsp3) is 0.267. The van der Waals surface area contributed by atoms with Crippen molar-refractivity contribution < 1.29 is 4.79 Å². The molecule has 1 atom stereocenters. The van der Waals surface area contributed by atoms with Gasteiger partial charge in [-0.05, 0) is 25.1 Å². The lowest BCUT2D eigenvalue weighted by molar-refractivity contribution is 0.0953. The summed E-state index contributed by atoms with van der Waals surface area (Å²) in [7, 11) is 0. The van der Waals surface area contributed by atoms with E-state index in [1.165, 1.54) is 0 Å². The Bertz CT molecular complexity index is 591. The van der Waals surface area contributed by atoms with Crippen LogP contribution in [0.3, 0.4) is 0 Å². The molecule has 110 valence electrons. The molecular weight excluding hydrogens is 332 g/mol. The Balaban J connectivity index is 1.74. The molecule has 0 bridgehead atoms. The van der Waals surface area contributed by atoms with Crippen LogP contribution in [0.25, 0.3) is 0 Å². The van der Waals surface area contributed by atoms with Crippen LogP contribution in [0.1, 0.15) is 29.0 Å². The van der Waals surface area contributed by atoms with Gasteiger partial charge >= 0.3 is 0 Å². The number of nitrogens with zero attached hydrogens (tertiary/aromatic N) is 2. The summed E-state index contributed by atoms with van der Waals surface area (Å²) in [6.45, 7) is 3.23. The van der Waals surface area contributed by atoms with Crippen molar-refractivity contribution in [3.05, 3.63) is 58.6 Å². The maximum Gasteiger partial charge on any atom is 0.251 e. The minimum Gasteiger partial charge on any atom is -0.351 e. The van der Waals surface area contributed by atoms with Crippen LogP contribution in [-0.2, 0) is 0 Å². The highest BCUT2D eigenvalue weighted by Gasteiger charge is 2.07. The molecule has 1 aromatic heterocycles. The molecule has 0 fully saturated rings. The summed E-state index contributed by atoms with van der Waals surface area (Å²) in [5.74, 6) is -0.0785. The number of halogens is 1. The van der Waals surface area contributed by atoms with Crippen molar-refractivity contribution in [2.75, 3.05) is 13.1 Å². The quantitative estimate of drug-likeness (QED) is 0.786. The molecule has 2 N–H and O–H groups in total. The monoisotopic (exact) mass is 348 g/mol. The van der Waals surface area contributed by atoms with Crippen LogP contribution in [0.15, 0.2) is 47.3 Å². The molecule has 21 heavy (non-hydrogen) atoms. The molecule has 0 unspecified atom stereocenters. The number of carbonyl (C=O) groups is 1. The van der Waals surface area contributed by atoms with E-state index in [1.54, 1.807) is 30.7 Å².